The number of benzene rings is 6. The van der Waals surface area contributed by atoms with Crippen LogP contribution >= 0.6 is 0 Å². The van der Waals surface area contributed by atoms with E-state index >= 15 is 0 Å². The summed E-state index contributed by atoms with van der Waals surface area (Å²) in [5.41, 5.74) is -27.3. The first kappa shape index (κ1) is 60.7. The van der Waals surface area contributed by atoms with Crippen molar-refractivity contribution in [2.75, 3.05) is 0 Å². The Labute approximate surface area is 437 Å². The summed E-state index contributed by atoms with van der Waals surface area (Å²) in [5.74, 6) is 0.797. The highest BCUT2D eigenvalue weighted by Crippen LogP contribution is 2.42. The summed E-state index contributed by atoms with van der Waals surface area (Å²) in [5, 5.41) is 2.60. The molecule has 6 aromatic carbocycles. The zero-order valence-corrected chi connectivity index (χ0v) is 40.2. The lowest BCUT2D eigenvalue weighted by Gasteiger charge is -2.46. The van der Waals surface area contributed by atoms with Crippen LogP contribution in [-0.2, 0) is 56.0 Å². The van der Waals surface area contributed by atoms with Crippen LogP contribution in [0.1, 0.15) is 93.7 Å². The van der Waals surface area contributed by atoms with E-state index < -0.39 is 195 Å². The van der Waals surface area contributed by atoms with Gasteiger partial charge < -0.3 is 0 Å². The van der Waals surface area contributed by atoms with Gasteiger partial charge >= 0.3 is 49.4 Å². The van der Waals surface area contributed by atoms with E-state index in [1.807, 2.05) is 0 Å². The van der Waals surface area contributed by atoms with Crippen LogP contribution in [0.15, 0.2) is 140 Å². The Morgan fingerprint density at radius 2 is 0.625 bits per heavy atom. The second-order valence-corrected chi connectivity index (χ2v) is 19.0. The average Bonchev–Trinajstić information content (AvgIpc) is 3.35. The zero-order valence-electron chi connectivity index (χ0n) is 40.2. The molecule has 0 bridgehead atoms. The Kier molecular flexibility index (Phi) is 16.4. The van der Waals surface area contributed by atoms with Gasteiger partial charge in [-0.05, 0) is 60.0 Å². The number of alkyl halides is 24. The minimum Gasteiger partial charge on any atom is -0.200 e. The van der Waals surface area contributed by atoms with Gasteiger partial charge in [-0.15, -0.1) is 0 Å². The van der Waals surface area contributed by atoms with Gasteiger partial charge in [-0.3, -0.25) is 0 Å². The predicted octanol–water partition coefficient (Wildman–Crippen LogP) is 16.4. The molecule has 1 aliphatic rings. The molecule has 80 heavy (non-hydrogen) atoms. The average molecular weight is 1170 g/mol. The van der Waals surface area contributed by atoms with Gasteiger partial charge in [0, 0.05) is 17.0 Å². The predicted molar refractivity (Wildman–Crippen MR) is 246 cm³/mol. The van der Waals surface area contributed by atoms with Gasteiger partial charge in [0.15, 0.2) is 18.9 Å². The summed E-state index contributed by atoms with van der Waals surface area (Å²) >= 11 is 0. The van der Waals surface area contributed by atoms with Gasteiger partial charge in [-0.2, -0.15) is 127 Å². The maximum absolute atomic E-state index is 14.2. The first-order valence-electron chi connectivity index (χ1n) is 23.5. The maximum atomic E-state index is 14.2. The molecule has 0 aliphatic heterocycles. The van der Waals surface area contributed by atoms with Crippen molar-refractivity contribution in [2.24, 2.45) is 0 Å². The SMILES string of the molecule is FC(F)(F)c1cc([B-](c2cc(C(F)(F)F)cc(C(F)(F)F)c2)(c2cc(C(F)(F)F)cc(C(F)(F)F)c2)c2cc(C(F)(F)F)cc(C(F)(F)F)c2)cc(C(F)(F)F)c1.c1ccc2c[n+](Cc3ccc(C4CCCCC4)cc3)ccc2c1. The van der Waals surface area contributed by atoms with Crippen LogP contribution < -0.4 is 26.4 Å². The minimum atomic E-state index is -6.13. The Bertz CT molecular complexity index is 2890. The van der Waals surface area contributed by atoms with Crippen LogP contribution in [0.3, 0.4) is 0 Å². The molecule has 428 valence electrons. The van der Waals surface area contributed by atoms with E-state index in [0.29, 0.717) is 0 Å². The number of hydrogen-bond acceptors (Lipinski definition) is 0. The molecule has 8 rings (SSSR count). The molecule has 1 nitrogen and oxygen atoms in total. The number of fused-ring (bicyclic) bond motifs is 1. The van der Waals surface area contributed by atoms with E-state index in [9.17, 15) is 105 Å². The third-order valence-electron chi connectivity index (χ3n) is 13.6. The number of halogens is 24. The summed E-state index contributed by atoms with van der Waals surface area (Å²) in [6.07, 6.45) is -43.4. The van der Waals surface area contributed by atoms with Crippen molar-refractivity contribution in [3.63, 3.8) is 0 Å². The molecule has 0 radical (unpaired) electrons. The fourth-order valence-electron chi connectivity index (χ4n) is 9.89. The van der Waals surface area contributed by atoms with Crippen LogP contribution in [0, 0.1) is 0 Å². The highest BCUT2D eigenvalue weighted by Gasteiger charge is 2.47. The van der Waals surface area contributed by atoms with Crippen molar-refractivity contribution < 1.29 is 110 Å². The molecule has 1 fully saturated rings. The van der Waals surface area contributed by atoms with E-state index in [1.54, 1.807) is 0 Å². The van der Waals surface area contributed by atoms with E-state index in [2.05, 4.69) is 71.6 Å². The molecule has 7 aromatic rings. The quantitative estimate of drug-likeness (QED) is 0.0851. The van der Waals surface area contributed by atoms with Crippen molar-refractivity contribution >= 4 is 38.8 Å². The number of rotatable bonds is 7. The first-order valence-corrected chi connectivity index (χ1v) is 23.5. The summed E-state index contributed by atoms with van der Waals surface area (Å²) in [4.78, 5) is 0. The zero-order chi connectivity index (χ0) is 59.4. The van der Waals surface area contributed by atoms with Gasteiger partial charge in [0.2, 0.25) is 0 Å². The normalized spacial score (nSPS) is 14.8. The van der Waals surface area contributed by atoms with Gasteiger partial charge in [-0.25, -0.2) is 4.57 Å². The van der Waals surface area contributed by atoms with Crippen molar-refractivity contribution in [2.45, 2.75) is 94.0 Å². The van der Waals surface area contributed by atoms with Gasteiger partial charge in [0.05, 0.1) is 44.5 Å². The number of hydrogen-bond donors (Lipinski definition) is 0. The molecular weight excluding hydrogens is 1130 g/mol. The van der Waals surface area contributed by atoms with Gasteiger partial charge in [-0.1, -0.05) is 110 Å². The molecule has 0 unspecified atom stereocenters. The van der Waals surface area contributed by atoms with Crippen LogP contribution in [0.2, 0.25) is 0 Å². The molecule has 0 saturated heterocycles. The lowest BCUT2D eigenvalue weighted by atomic mass is 9.12. The highest BCUT2D eigenvalue weighted by atomic mass is 19.4. The smallest absolute Gasteiger partial charge is 0.200 e. The largest absolute Gasteiger partial charge is 0.416 e. The van der Waals surface area contributed by atoms with E-state index in [0.717, 1.165) is 12.5 Å². The molecule has 0 atom stereocenters. The molecule has 0 amide bonds. The van der Waals surface area contributed by atoms with E-state index in [1.165, 1.54) is 54.0 Å². The van der Waals surface area contributed by atoms with Crippen LogP contribution in [0.25, 0.3) is 10.8 Å². The van der Waals surface area contributed by atoms with Crippen molar-refractivity contribution in [3.8, 4) is 0 Å². The minimum absolute atomic E-state index is 0.691. The second kappa shape index (κ2) is 21.5. The topological polar surface area (TPSA) is 3.88 Å². The monoisotopic (exact) mass is 1170 g/mol. The Hall–Kier alpha value is -6.89. The summed E-state index contributed by atoms with van der Waals surface area (Å²) in [6.45, 7) is 0.940. The van der Waals surface area contributed by atoms with Gasteiger partial charge in [0.25, 0.3) is 0 Å². The van der Waals surface area contributed by atoms with Crippen molar-refractivity contribution in [1.82, 2.24) is 0 Å². The molecular formula is C54H36BF24N. The standard InChI is InChI=1S/C32H12BF24.C22H24N/c34-25(35,36)13-1-14(26(37,38)39)6-21(5-13)33(22-7-15(27(40,41)42)2-16(8-22)28(43,44)45,23-9-17(29(46,47)48)3-18(10-23)30(49,50)51)24-11-19(31(52,53)54)4-20(12-24)32(55,56)57;1-2-6-19(7-3-1)21-12-10-18(11-13-21)16-23-15-14-20-8-4-5-9-22(20)17-23/h1-12H;4-5,8-15,17,19H,1-3,6-7,16H2/q-1;+1. The fourth-order valence-corrected chi connectivity index (χ4v) is 9.89. The number of nitrogens with zero attached hydrogens (tertiary/aromatic N) is 1. The van der Waals surface area contributed by atoms with Crippen LogP contribution in [-0.4, -0.2) is 6.15 Å². The lowest BCUT2D eigenvalue weighted by Crippen LogP contribution is -2.75. The summed E-state index contributed by atoms with van der Waals surface area (Å²) in [6, 6.07) is 11.3. The molecule has 26 heteroatoms. The molecule has 1 aromatic heterocycles. The molecule has 0 spiro atoms. The lowest BCUT2D eigenvalue weighted by molar-refractivity contribution is -0.687. The van der Waals surface area contributed by atoms with Crippen molar-refractivity contribution in [1.29, 1.82) is 0 Å². The third kappa shape index (κ3) is 13.8. The second-order valence-electron chi connectivity index (χ2n) is 19.0. The third-order valence-corrected chi connectivity index (χ3v) is 13.6. The van der Waals surface area contributed by atoms with Gasteiger partial charge in [0.1, 0.15) is 6.15 Å². The fraction of sp³-hybridized carbons (Fsp3) is 0.278. The molecule has 1 saturated carbocycles. The van der Waals surface area contributed by atoms with Crippen LogP contribution in [0.5, 0.6) is 0 Å². The van der Waals surface area contributed by atoms with Crippen molar-refractivity contribution in [3.05, 3.63) is 195 Å². The molecule has 0 N–H and O–H groups in total. The Morgan fingerprint density at radius 1 is 0.338 bits per heavy atom. The van der Waals surface area contributed by atoms with E-state index in [4.69, 9.17) is 0 Å². The number of aromatic nitrogens is 1. The molecule has 1 heterocycles. The first-order chi connectivity index (χ1) is 36.6. The van der Waals surface area contributed by atoms with Crippen LogP contribution in [0.4, 0.5) is 105 Å². The maximum Gasteiger partial charge on any atom is 0.416 e. The number of pyridine rings is 1. The molecule has 1 aliphatic carbocycles. The Balaban J connectivity index is 0.000000329. The summed E-state index contributed by atoms with van der Waals surface area (Å²) < 4.78 is 343. The highest BCUT2D eigenvalue weighted by molar-refractivity contribution is 7.20. The summed E-state index contributed by atoms with van der Waals surface area (Å²) in [7, 11) is 0. The Morgan fingerprint density at radius 3 is 0.912 bits per heavy atom. The van der Waals surface area contributed by atoms with E-state index in [-0.39, 0.29) is 0 Å².